The van der Waals surface area contributed by atoms with Crippen LogP contribution >= 0.6 is 0 Å². The summed E-state index contributed by atoms with van der Waals surface area (Å²) in [6, 6.07) is -1.69. The Bertz CT molecular complexity index is 118. The van der Waals surface area contributed by atoms with Gasteiger partial charge in [0.05, 0.1) is 0 Å². The quantitative estimate of drug-likeness (QED) is 0.153. The molecule has 0 aromatic rings. The van der Waals surface area contributed by atoms with Gasteiger partial charge < -0.3 is 5.48 Å². The van der Waals surface area contributed by atoms with Gasteiger partial charge >= 0.3 is 6.04 Å². The topological polar surface area (TPSA) is 109 Å². The van der Waals surface area contributed by atoms with Gasteiger partial charge in [-0.3, -0.25) is 19.7 Å². The molecule has 0 spiro atoms. The smallest absolute Gasteiger partial charge is 0.321 e. The van der Waals surface area contributed by atoms with Gasteiger partial charge in [-0.2, -0.15) is 0 Å². The van der Waals surface area contributed by atoms with Crippen LogP contribution in [0.25, 0.3) is 0 Å². The molecule has 0 amide bonds. The number of carbonyl (C=O) groups is 2. The molecule has 0 atom stereocenters. The van der Waals surface area contributed by atoms with E-state index in [1.165, 1.54) is 0 Å². The first kappa shape index (κ1) is 16.4. The molecule has 0 fully saturated rings. The summed E-state index contributed by atoms with van der Waals surface area (Å²) in [5.41, 5.74) is 0. The van der Waals surface area contributed by atoms with Crippen molar-refractivity contribution in [2.45, 2.75) is 6.04 Å². The Labute approximate surface area is 78.3 Å². The normalized spacial score (nSPS) is 6.90. The average molecular weight is 158 g/mol. The summed E-state index contributed by atoms with van der Waals surface area (Å²) in [4.78, 5) is 27.6. The van der Waals surface area contributed by atoms with E-state index in [0.29, 0.717) is 0 Å². The molecule has 0 aliphatic carbocycles. The standard InChI is InChI=1S/C3H3NO4.Na.H2O/c5-1-3(2-6)4(7)8;;/h1-3H;;1H2. The molecule has 53 valence electrons. The van der Waals surface area contributed by atoms with E-state index in [1.54, 1.807) is 0 Å². The van der Waals surface area contributed by atoms with E-state index in [2.05, 4.69) is 0 Å². The first-order valence-electron chi connectivity index (χ1n) is 1.76. The number of rotatable bonds is 3. The third-order valence-corrected chi connectivity index (χ3v) is 0.522. The van der Waals surface area contributed by atoms with Gasteiger partial charge in [0.15, 0.2) is 0 Å². The molecule has 0 bridgehead atoms. The zero-order chi connectivity index (χ0) is 6.57. The molecule has 0 aliphatic heterocycles. The van der Waals surface area contributed by atoms with Crippen LogP contribution in [0, 0.1) is 10.1 Å². The summed E-state index contributed by atoms with van der Waals surface area (Å²) in [6.45, 7) is 0. The van der Waals surface area contributed by atoms with Gasteiger partial charge in [-0.15, -0.1) is 0 Å². The molecule has 0 aromatic carbocycles. The predicted molar refractivity (Wildman–Crippen MR) is 32.3 cm³/mol. The van der Waals surface area contributed by atoms with E-state index in [4.69, 9.17) is 0 Å². The number of aldehydes is 2. The van der Waals surface area contributed by atoms with Crippen LogP contribution in [0.2, 0.25) is 0 Å². The zero-order valence-electron chi connectivity index (χ0n) is 5.31. The van der Waals surface area contributed by atoms with Gasteiger partial charge in [-0.25, -0.2) is 0 Å². The minimum atomic E-state index is -1.69. The van der Waals surface area contributed by atoms with E-state index in [-0.39, 0.29) is 47.6 Å². The largest absolute Gasteiger partial charge is 0.412 e. The first-order chi connectivity index (χ1) is 3.72. The Morgan fingerprint density at radius 2 is 1.60 bits per heavy atom. The Balaban J connectivity index is -0.000000245. The molecule has 0 rings (SSSR count). The van der Waals surface area contributed by atoms with Crippen LogP contribution in [-0.2, 0) is 9.59 Å². The van der Waals surface area contributed by atoms with Crippen molar-refractivity contribution in [3.05, 3.63) is 10.1 Å². The second-order valence-corrected chi connectivity index (χ2v) is 1.05. The second-order valence-electron chi connectivity index (χ2n) is 1.05. The molecular formula is C3H5NNaO5. The number of hydrogen-bond donors (Lipinski definition) is 0. The zero-order valence-corrected chi connectivity index (χ0v) is 7.31. The van der Waals surface area contributed by atoms with E-state index in [0.717, 1.165) is 0 Å². The van der Waals surface area contributed by atoms with E-state index in [9.17, 15) is 19.7 Å². The summed E-state index contributed by atoms with van der Waals surface area (Å²) < 4.78 is 0. The maximum atomic E-state index is 9.50. The van der Waals surface area contributed by atoms with Crippen molar-refractivity contribution in [2.75, 3.05) is 0 Å². The minimum absolute atomic E-state index is 0. The molecule has 0 unspecified atom stereocenters. The van der Waals surface area contributed by atoms with E-state index >= 15 is 0 Å². The maximum absolute atomic E-state index is 9.50. The molecule has 6 nitrogen and oxygen atoms in total. The first-order valence-corrected chi connectivity index (χ1v) is 1.76. The maximum Gasteiger partial charge on any atom is 0.321 e. The fourth-order valence-electron chi connectivity index (χ4n) is 0.131. The monoisotopic (exact) mass is 158 g/mol. The number of nitro groups is 1. The predicted octanol–water partition coefficient (Wildman–Crippen LogP) is -2.18. The molecule has 2 N–H and O–H groups in total. The van der Waals surface area contributed by atoms with E-state index in [1.807, 2.05) is 0 Å². The fourth-order valence-corrected chi connectivity index (χ4v) is 0.131. The van der Waals surface area contributed by atoms with Gasteiger partial charge in [-0.1, -0.05) is 0 Å². The molecule has 1 radical (unpaired) electrons. The number of nitrogens with zero attached hydrogens (tertiary/aromatic N) is 1. The summed E-state index contributed by atoms with van der Waals surface area (Å²) in [7, 11) is 0. The molecular weight excluding hydrogens is 153 g/mol. The SMILES string of the molecule is O.O=CC(C=O)[N+](=O)[O-].[Na]. The molecule has 0 aliphatic rings. The van der Waals surface area contributed by atoms with Crippen LogP contribution < -0.4 is 0 Å². The van der Waals surface area contributed by atoms with Crippen LogP contribution in [0.3, 0.4) is 0 Å². The summed E-state index contributed by atoms with van der Waals surface area (Å²) in [6.07, 6.45) is -0.0417. The van der Waals surface area contributed by atoms with Gasteiger partial charge in [-0.05, 0) is 0 Å². The average Bonchev–Trinajstić information content (AvgIpc) is 1.69. The number of hydrogen-bond acceptors (Lipinski definition) is 4. The Kier molecular flexibility index (Phi) is 14.2. The Morgan fingerprint density at radius 3 is 1.60 bits per heavy atom. The molecule has 0 aromatic heterocycles. The van der Waals surface area contributed by atoms with Crippen molar-refractivity contribution < 1.29 is 20.0 Å². The third kappa shape index (κ3) is 5.83. The van der Waals surface area contributed by atoms with Gasteiger partial charge in [0.2, 0.25) is 12.6 Å². The van der Waals surface area contributed by atoms with Crippen LogP contribution in [0.4, 0.5) is 0 Å². The van der Waals surface area contributed by atoms with Crippen molar-refractivity contribution in [3.63, 3.8) is 0 Å². The van der Waals surface area contributed by atoms with Gasteiger partial charge in [0, 0.05) is 34.5 Å². The van der Waals surface area contributed by atoms with Crippen molar-refractivity contribution in [2.24, 2.45) is 0 Å². The molecule has 10 heavy (non-hydrogen) atoms. The Morgan fingerprint density at radius 1 is 1.30 bits per heavy atom. The van der Waals surface area contributed by atoms with Crippen LogP contribution in [0.5, 0.6) is 0 Å². The van der Waals surface area contributed by atoms with Crippen molar-refractivity contribution in [3.8, 4) is 0 Å². The molecule has 0 saturated heterocycles. The van der Waals surface area contributed by atoms with Gasteiger partial charge in [0.1, 0.15) is 0 Å². The Hall–Kier alpha value is -0.300. The summed E-state index contributed by atoms with van der Waals surface area (Å²) in [5, 5.41) is 9.50. The van der Waals surface area contributed by atoms with Gasteiger partial charge in [0.25, 0.3) is 0 Å². The molecule has 7 heteroatoms. The van der Waals surface area contributed by atoms with Crippen LogP contribution in [0.1, 0.15) is 0 Å². The van der Waals surface area contributed by atoms with Crippen molar-refractivity contribution in [1.29, 1.82) is 0 Å². The van der Waals surface area contributed by atoms with Crippen LogP contribution in [-0.4, -0.2) is 58.6 Å². The minimum Gasteiger partial charge on any atom is -0.412 e. The third-order valence-electron chi connectivity index (χ3n) is 0.522. The van der Waals surface area contributed by atoms with Crippen molar-refractivity contribution in [1.82, 2.24) is 0 Å². The van der Waals surface area contributed by atoms with Crippen LogP contribution in [0.15, 0.2) is 0 Å². The molecule has 0 heterocycles. The van der Waals surface area contributed by atoms with E-state index < -0.39 is 11.0 Å². The second kappa shape index (κ2) is 8.70. The van der Waals surface area contributed by atoms with Crippen molar-refractivity contribution >= 4 is 42.1 Å². The summed E-state index contributed by atoms with van der Waals surface area (Å²) in [5.74, 6) is 0. The number of carbonyl (C=O) groups excluding carboxylic acids is 2. The molecule has 0 saturated carbocycles. The fraction of sp³-hybridized carbons (Fsp3) is 0.333. The summed E-state index contributed by atoms with van der Waals surface area (Å²) >= 11 is 0.